The number of methoxy groups -OCH3 is 1. The molecule has 0 amide bonds. The Morgan fingerprint density at radius 1 is 1.10 bits per heavy atom. The fourth-order valence-corrected chi connectivity index (χ4v) is 1.76. The van der Waals surface area contributed by atoms with E-state index >= 15 is 0 Å². The van der Waals surface area contributed by atoms with E-state index in [1.165, 1.54) is 19.2 Å². The maximum atomic E-state index is 12.5. The third-order valence-corrected chi connectivity index (χ3v) is 2.81. The number of hydrogen-bond donors (Lipinski definition) is 1. The summed E-state index contributed by atoms with van der Waals surface area (Å²) in [6.07, 6.45) is -4.36. The van der Waals surface area contributed by atoms with Crippen molar-refractivity contribution in [3.63, 3.8) is 0 Å². The fraction of sp³-hybridized carbons (Fsp3) is 0.214. The Kier molecular flexibility index (Phi) is 3.94. The summed E-state index contributed by atoms with van der Waals surface area (Å²) in [5.41, 5.74) is 0.830. The minimum absolute atomic E-state index is 0.219. The summed E-state index contributed by atoms with van der Waals surface area (Å²) in [6, 6.07) is 7.95. The molecule has 1 aromatic carbocycles. The maximum Gasteiger partial charge on any atom is 0.416 e. The highest BCUT2D eigenvalue weighted by atomic mass is 19.4. The second-order valence-corrected chi connectivity index (χ2v) is 4.10. The van der Waals surface area contributed by atoms with Gasteiger partial charge in [0.1, 0.15) is 0 Å². The molecule has 3 nitrogen and oxygen atoms in total. The number of alkyl halides is 3. The first kappa shape index (κ1) is 14.3. The molecule has 1 N–H and O–H groups in total. The van der Waals surface area contributed by atoms with Crippen LogP contribution in [0.5, 0.6) is 5.88 Å². The minimum atomic E-state index is -4.36. The number of nitrogens with zero attached hydrogens (tertiary/aromatic N) is 1. The second kappa shape index (κ2) is 5.50. The molecule has 106 valence electrons. The van der Waals surface area contributed by atoms with E-state index in [-0.39, 0.29) is 12.5 Å². The summed E-state index contributed by atoms with van der Waals surface area (Å²) in [7, 11) is 1.41. The van der Waals surface area contributed by atoms with Gasteiger partial charge in [-0.05, 0) is 24.3 Å². The molecule has 20 heavy (non-hydrogen) atoms. The van der Waals surface area contributed by atoms with Gasteiger partial charge < -0.3 is 9.84 Å². The Bertz CT molecular complexity index is 594. The van der Waals surface area contributed by atoms with Crippen LogP contribution >= 0.6 is 0 Å². The Labute approximate surface area is 113 Å². The summed E-state index contributed by atoms with van der Waals surface area (Å²) < 4.78 is 42.5. The summed E-state index contributed by atoms with van der Waals surface area (Å²) >= 11 is 0. The lowest BCUT2D eigenvalue weighted by molar-refractivity contribution is -0.137. The van der Waals surface area contributed by atoms with E-state index in [9.17, 15) is 13.2 Å². The van der Waals surface area contributed by atoms with Gasteiger partial charge in [0.15, 0.2) is 0 Å². The van der Waals surface area contributed by atoms with Gasteiger partial charge in [0.05, 0.1) is 25.0 Å². The Morgan fingerprint density at radius 2 is 1.75 bits per heavy atom. The standard InChI is InChI=1S/C14H12F3NO2/c1-20-13-10(8-19)4-7-12(18-13)9-2-5-11(6-3-9)14(15,16)17/h2-7,19H,8H2,1H3. The molecule has 2 rings (SSSR count). The van der Waals surface area contributed by atoms with Crippen LogP contribution in [0.1, 0.15) is 11.1 Å². The van der Waals surface area contributed by atoms with Gasteiger partial charge in [-0.2, -0.15) is 13.2 Å². The van der Waals surface area contributed by atoms with Crippen molar-refractivity contribution >= 4 is 0 Å². The third kappa shape index (κ3) is 2.91. The van der Waals surface area contributed by atoms with E-state index in [2.05, 4.69) is 4.98 Å². The van der Waals surface area contributed by atoms with Gasteiger partial charge in [0, 0.05) is 11.1 Å². The lowest BCUT2D eigenvalue weighted by Crippen LogP contribution is -2.04. The Balaban J connectivity index is 2.37. The third-order valence-electron chi connectivity index (χ3n) is 2.81. The summed E-state index contributed by atoms with van der Waals surface area (Å²) in [5, 5.41) is 9.09. The molecule has 0 unspecified atom stereocenters. The monoisotopic (exact) mass is 283 g/mol. The quantitative estimate of drug-likeness (QED) is 0.940. The maximum absolute atomic E-state index is 12.5. The number of halogens is 3. The van der Waals surface area contributed by atoms with E-state index in [0.29, 0.717) is 16.8 Å². The van der Waals surface area contributed by atoms with E-state index in [1.54, 1.807) is 12.1 Å². The number of rotatable bonds is 3. The van der Waals surface area contributed by atoms with Crippen LogP contribution in [0.2, 0.25) is 0 Å². The van der Waals surface area contributed by atoms with Crippen LogP contribution in [0.25, 0.3) is 11.3 Å². The lowest BCUT2D eigenvalue weighted by Gasteiger charge is -2.09. The molecule has 2 aromatic rings. The van der Waals surface area contributed by atoms with Crippen LogP contribution < -0.4 is 4.74 Å². The second-order valence-electron chi connectivity index (χ2n) is 4.10. The topological polar surface area (TPSA) is 42.4 Å². The van der Waals surface area contributed by atoms with Gasteiger partial charge in [-0.25, -0.2) is 4.98 Å². The van der Waals surface area contributed by atoms with Gasteiger partial charge in [0.25, 0.3) is 0 Å². The average Bonchev–Trinajstić information content (AvgIpc) is 2.45. The average molecular weight is 283 g/mol. The van der Waals surface area contributed by atoms with Crippen molar-refractivity contribution in [3.8, 4) is 17.1 Å². The predicted molar refractivity (Wildman–Crippen MR) is 67.1 cm³/mol. The molecule has 6 heteroatoms. The highest BCUT2D eigenvalue weighted by molar-refractivity contribution is 5.60. The summed E-state index contributed by atoms with van der Waals surface area (Å²) in [5.74, 6) is 0.255. The number of aromatic nitrogens is 1. The van der Waals surface area contributed by atoms with Crippen molar-refractivity contribution in [2.24, 2.45) is 0 Å². The zero-order chi connectivity index (χ0) is 14.8. The first-order valence-corrected chi connectivity index (χ1v) is 5.78. The molecule has 1 aromatic heterocycles. The molecular formula is C14H12F3NO2. The number of hydrogen-bond acceptors (Lipinski definition) is 3. The number of aliphatic hydroxyl groups excluding tert-OH is 1. The lowest BCUT2D eigenvalue weighted by atomic mass is 10.1. The molecule has 0 saturated heterocycles. The highest BCUT2D eigenvalue weighted by Gasteiger charge is 2.30. The van der Waals surface area contributed by atoms with E-state index in [0.717, 1.165) is 12.1 Å². The van der Waals surface area contributed by atoms with Crippen LogP contribution in [0.15, 0.2) is 36.4 Å². The molecule has 0 aliphatic carbocycles. The van der Waals surface area contributed by atoms with Gasteiger partial charge >= 0.3 is 6.18 Å². The Morgan fingerprint density at radius 3 is 2.25 bits per heavy atom. The van der Waals surface area contributed by atoms with Crippen LogP contribution in [0, 0.1) is 0 Å². The van der Waals surface area contributed by atoms with E-state index in [1.807, 2.05) is 0 Å². The molecule has 0 saturated carbocycles. The Hall–Kier alpha value is -2.08. The summed E-state index contributed by atoms with van der Waals surface area (Å²) in [6.45, 7) is -0.219. The molecule has 0 fully saturated rings. The van der Waals surface area contributed by atoms with Crippen LogP contribution in [0.3, 0.4) is 0 Å². The SMILES string of the molecule is COc1nc(-c2ccc(C(F)(F)F)cc2)ccc1CO. The van der Waals surface area contributed by atoms with Gasteiger partial charge in [-0.3, -0.25) is 0 Å². The van der Waals surface area contributed by atoms with E-state index in [4.69, 9.17) is 9.84 Å². The molecule has 1 heterocycles. The number of aliphatic hydroxyl groups is 1. The molecule has 0 spiro atoms. The van der Waals surface area contributed by atoms with Crippen LogP contribution in [0.4, 0.5) is 13.2 Å². The molecule has 0 atom stereocenters. The zero-order valence-electron chi connectivity index (χ0n) is 10.6. The smallest absolute Gasteiger partial charge is 0.416 e. The van der Waals surface area contributed by atoms with Crippen LogP contribution in [-0.4, -0.2) is 17.2 Å². The van der Waals surface area contributed by atoms with Crippen molar-refractivity contribution in [1.29, 1.82) is 0 Å². The number of ether oxygens (including phenoxy) is 1. The molecular weight excluding hydrogens is 271 g/mol. The zero-order valence-corrected chi connectivity index (χ0v) is 10.6. The number of benzene rings is 1. The first-order chi connectivity index (χ1) is 9.45. The van der Waals surface area contributed by atoms with Crippen molar-refractivity contribution < 1.29 is 23.0 Å². The molecule has 0 bridgehead atoms. The molecule has 0 radical (unpaired) electrons. The van der Waals surface area contributed by atoms with Crippen molar-refractivity contribution in [1.82, 2.24) is 4.98 Å². The van der Waals surface area contributed by atoms with Gasteiger partial charge in [-0.15, -0.1) is 0 Å². The van der Waals surface area contributed by atoms with Crippen LogP contribution in [-0.2, 0) is 12.8 Å². The largest absolute Gasteiger partial charge is 0.481 e. The molecule has 0 aliphatic rings. The minimum Gasteiger partial charge on any atom is -0.481 e. The fourth-order valence-electron chi connectivity index (χ4n) is 1.76. The predicted octanol–water partition coefficient (Wildman–Crippen LogP) is 3.27. The summed E-state index contributed by atoms with van der Waals surface area (Å²) in [4.78, 5) is 4.16. The molecule has 0 aliphatic heterocycles. The highest BCUT2D eigenvalue weighted by Crippen LogP contribution is 2.31. The van der Waals surface area contributed by atoms with Gasteiger partial charge in [-0.1, -0.05) is 12.1 Å². The normalized spacial score (nSPS) is 11.4. The van der Waals surface area contributed by atoms with Gasteiger partial charge in [0.2, 0.25) is 5.88 Å². The first-order valence-electron chi connectivity index (χ1n) is 5.78. The van der Waals surface area contributed by atoms with E-state index < -0.39 is 11.7 Å². The van der Waals surface area contributed by atoms with Crippen molar-refractivity contribution in [2.75, 3.05) is 7.11 Å². The van der Waals surface area contributed by atoms with Crippen molar-refractivity contribution in [2.45, 2.75) is 12.8 Å². The van der Waals surface area contributed by atoms with Crippen molar-refractivity contribution in [3.05, 3.63) is 47.5 Å². The number of pyridine rings is 1.